The number of aryl methyl sites for hydroxylation is 1. The van der Waals surface area contributed by atoms with Gasteiger partial charge in [-0.05, 0) is 19.8 Å². The summed E-state index contributed by atoms with van der Waals surface area (Å²) in [7, 11) is 0. The fraction of sp³-hybridized carbons (Fsp3) is 0.643. The number of nitrogens with one attached hydrogen (secondary N) is 2. The number of oxazole rings is 1. The normalized spacial score (nSPS) is 26.0. The summed E-state index contributed by atoms with van der Waals surface area (Å²) in [6.07, 6.45) is 5.55. The van der Waals surface area contributed by atoms with Gasteiger partial charge in [0.25, 0.3) is 6.01 Å². The van der Waals surface area contributed by atoms with Gasteiger partial charge in [0.15, 0.2) is 5.82 Å². The number of nitrogens with zero attached hydrogens (tertiary/aromatic N) is 3. The molecule has 7 nitrogen and oxygen atoms in total. The number of hydrogen-bond acceptors (Lipinski definition) is 6. The molecule has 0 aromatic carbocycles. The summed E-state index contributed by atoms with van der Waals surface area (Å²) in [5, 5.41) is 10.4. The Bertz CT molecular complexity index is 618. The van der Waals surface area contributed by atoms with Crippen LogP contribution in [0.25, 0.3) is 0 Å². The molecule has 7 heteroatoms. The van der Waals surface area contributed by atoms with E-state index < -0.39 is 0 Å². The number of ether oxygens (including phenoxy) is 1. The lowest BCUT2D eigenvalue weighted by atomic mass is 9.84. The summed E-state index contributed by atoms with van der Waals surface area (Å²) in [5.41, 5.74) is 0. The summed E-state index contributed by atoms with van der Waals surface area (Å²) in [5.74, 6) is 3.27. The number of rotatable bonds is 4. The quantitative estimate of drug-likeness (QED) is 0.894. The minimum atomic E-state index is 0.0908. The summed E-state index contributed by atoms with van der Waals surface area (Å²) in [4.78, 5) is 8.74. The largest absolute Gasteiger partial charge is 0.428 e. The topological polar surface area (TPSA) is 88.9 Å². The fourth-order valence-corrected chi connectivity index (χ4v) is 2.87. The number of aromatic amines is 1. The fourth-order valence-electron chi connectivity index (χ4n) is 2.87. The molecule has 0 spiro atoms. The lowest BCUT2D eigenvalue weighted by Gasteiger charge is -2.22. The second-order valence-corrected chi connectivity index (χ2v) is 5.87. The smallest absolute Gasteiger partial charge is 0.295 e. The van der Waals surface area contributed by atoms with Gasteiger partial charge in [0.2, 0.25) is 0 Å². The first-order valence-corrected chi connectivity index (χ1v) is 7.48. The Morgan fingerprint density at radius 1 is 1.33 bits per heavy atom. The van der Waals surface area contributed by atoms with Crippen LogP contribution in [0.2, 0.25) is 0 Å². The van der Waals surface area contributed by atoms with Crippen molar-refractivity contribution >= 4 is 6.01 Å². The van der Waals surface area contributed by atoms with Crippen molar-refractivity contribution in [3.8, 4) is 0 Å². The molecule has 0 radical (unpaired) electrons. The predicted octanol–water partition coefficient (Wildman–Crippen LogP) is 1.96. The third-order valence-electron chi connectivity index (χ3n) is 4.37. The Morgan fingerprint density at radius 3 is 2.95 bits per heavy atom. The first-order chi connectivity index (χ1) is 10.3. The minimum absolute atomic E-state index is 0.0908. The molecule has 1 aliphatic carbocycles. The Morgan fingerprint density at radius 2 is 2.24 bits per heavy atom. The molecule has 1 aliphatic heterocycles. The SMILES string of the molecule is Cc1nc([C@@H]2COC[C@@H]2Nc2ncc(C3CCC3)o2)n[nH]1. The van der Waals surface area contributed by atoms with Crippen molar-refractivity contribution in [3.63, 3.8) is 0 Å². The van der Waals surface area contributed by atoms with E-state index in [4.69, 9.17) is 9.15 Å². The van der Waals surface area contributed by atoms with Crippen LogP contribution in [0.3, 0.4) is 0 Å². The van der Waals surface area contributed by atoms with Crippen molar-refractivity contribution in [2.24, 2.45) is 0 Å². The van der Waals surface area contributed by atoms with Gasteiger partial charge in [-0.2, -0.15) is 5.10 Å². The number of hydrogen-bond donors (Lipinski definition) is 2. The molecule has 1 saturated carbocycles. The van der Waals surface area contributed by atoms with E-state index in [9.17, 15) is 0 Å². The Kier molecular flexibility index (Phi) is 3.14. The van der Waals surface area contributed by atoms with E-state index in [-0.39, 0.29) is 12.0 Å². The maximum atomic E-state index is 5.81. The molecule has 2 atom stereocenters. The molecule has 2 aliphatic rings. The van der Waals surface area contributed by atoms with Crippen LogP contribution < -0.4 is 5.32 Å². The highest BCUT2D eigenvalue weighted by Crippen LogP contribution is 2.37. The van der Waals surface area contributed by atoms with E-state index in [1.54, 1.807) is 0 Å². The van der Waals surface area contributed by atoms with Gasteiger partial charge in [-0.1, -0.05) is 6.42 Å². The molecular formula is C14H19N5O2. The van der Waals surface area contributed by atoms with E-state index >= 15 is 0 Å². The number of H-pyrrole nitrogens is 1. The highest BCUT2D eigenvalue weighted by atomic mass is 16.5. The van der Waals surface area contributed by atoms with Crippen molar-refractivity contribution < 1.29 is 9.15 Å². The van der Waals surface area contributed by atoms with Crippen molar-refractivity contribution in [1.82, 2.24) is 20.2 Å². The van der Waals surface area contributed by atoms with Gasteiger partial charge in [-0.15, -0.1) is 0 Å². The molecule has 3 heterocycles. The van der Waals surface area contributed by atoms with Crippen LogP contribution in [-0.4, -0.2) is 39.4 Å². The summed E-state index contributed by atoms with van der Waals surface area (Å²) >= 11 is 0. The zero-order chi connectivity index (χ0) is 14.2. The number of anilines is 1. The molecule has 0 amide bonds. The van der Waals surface area contributed by atoms with E-state index in [1.165, 1.54) is 19.3 Å². The summed E-state index contributed by atoms with van der Waals surface area (Å²) in [6.45, 7) is 3.12. The molecule has 2 aromatic rings. The summed E-state index contributed by atoms with van der Waals surface area (Å²) < 4.78 is 11.4. The van der Waals surface area contributed by atoms with Gasteiger partial charge in [0.05, 0.1) is 31.4 Å². The monoisotopic (exact) mass is 289 g/mol. The van der Waals surface area contributed by atoms with Crippen LogP contribution in [0.5, 0.6) is 0 Å². The van der Waals surface area contributed by atoms with Crippen molar-refractivity contribution in [3.05, 3.63) is 23.6 Å². The van der Waals surface area contributed by atoms with E-state index in [2.05, 4.69) is 25.5 Å². The third kappa shape index (κ3) is 2.42. The van der Waals surface area contributed by atoms with Gasteiger partial charge in [0, 0.05) is 5.92 Å². The van der Waals surface area contributed by atoms with Crippen LogP contribution in [-0.2, 0) is 4.74 Å². The highest BCUT2D eigenvalue weighted by Gasteiger charge is 2.34. The van der Waals surface area contributed by atoms with Gasteiger partial charge < -0.3 is 14.5 Å². The zero-order valence-electron chi connectivity index (χ0n) is 12.0. The van der Waals surface area contributed by atoms with Gasteiger partial charge in [0.1, 0.15) is 11.6 Å². The second-order valence-electron chi connectivity index (χ2n) is 5.87. The standard InChI is InChI=1S/C14H19N5O2/c1-8-16-13(19-18-8)10-6-20-7-11(10)17-14-15-5-12(21-14)9-3-2-4-9/h5,9-11H,2-4,6-7H2,1H3,(H,15,17)(H,16,18,19)/t10-,11+/m1/s1. The molecular weight excluding hydrogens is 270 g/mol. The van der Waals surface area contributed by atoms with E-state index in [1.807, 2.05) is 13.1 Å². The lowest BCUT2D eigenvalue weighted by molar-refractivity contribution is 0.191. The average molecular weight is 289 g/mol. The van der Waals surface area contributed by atoms with Crippen molar-refractivity contribution in [2.45, 2.75) is 44.1 Å². The number of aromatic nitrogens is 4. The maximum Gasteiger partial charge on any atom is 0.295 e. The van der Waals surface area contributed by atoms with Crippen LogP contribution >= 0.6 is 0 Å². The molecule has 0 bridgehead atoms. The molecule has 2 aromatic heterocycles. The maximum absolute atomic E-state index is 5.81. The van der Waals surface area contributed by atoms with Gasteiger partial charge in [-0.25, -0.2) is 9.97 Å². The lowest BCUT2D eigenvalue weighted by Crippen LogP contribution is -2.27. The molecule has 0 unspecified atom stereocenters. The molecule has 2 N–H and O–H groups in total. The third-order valence-corrected chi connectivity index (χ3v) is 4.37. The van der Waals surface area contributed by atoms with Crippen molar-refractivity contribution in [1.29, 1.82) is 0 Å². The first kappa shape index (κ1) is 12.8. The van der Waals surface area contributed by atoms with Crippen LogP contribution in [0.1, 0.15) is 48.5 Å². The summed E-state index contributed by atoms with van der Waals surface area (Å²) in [6, 6.07) is 0.665. The molecule has 112 valence electrons. The minimum Gasteiger partial charge on any atom is -0.428 e. The van der Waals surface area contributed by atoms with Gasteiger partial charge >= 0.3 is 0 Å². The predicted molar refractivity (Wildman–Crippen MR) is 75.2 cm³/mol. The van der Waals surface area contributed by atoms with Crippen LogP contribution in [0.4, 0.5) is 6.01 Å². The Hall–Kier alpha value is -1.89. The van der Waals surface area contributed by atoms with E-state index in [0.717, 1.165) is 17.4 Å². The van der Waals surface area contributed by atoms with Crippen LogP contribution in [0.15, 0.2) is 10.6 Å². The van der Waals surface area contributed by atoms with Crippen LogP contribution in [0, 0.1) is 6.92 Å². The molecule has 21 heavy (non-hydrogen) atoms. The van der Waals surface area contributed by atoms with E-state index in [0.29, 0.717) is 25.1 Å². The average Bonchev–Trinajstić information content (AvgIpc) is 3.09. The molecule has 2 fully saturated rings. The van der Waals surface area contributed by atoms with Crippen molar-refractivity contribution in [2.75, 3.05) is 18.5 Å². The zero-order valence-corrected chi connectivity index (χ0v) is 12.0. The molecule has 4 rings (SSSR count). The highest BCUT2D eigenvalue weighted by molar-refractivity contribution is 5.27. The molecule has 1 saturated heterocycles. The Labute approximate surface area is 122 Å². The Balaban J connectivity index is 1.46. The first-order valence-electron chi connectivity index (χ1n) is 7.48. The van der Waals surface area contributed by atoms with Gasteiger partial charge in [-0.3, -0.25) is 5.10 Å². The second kappa shape index (κ2) is 5.14.